The highest BCUT2D eigenvalue weighted by molar-refractivity contribution is 5.30. The monoisotopic (exact) mass is 320 g/mol. The quantitative estimate of drug-likeness (QED) is 0.555. The van der Waals surface area contributed by atoms with E-state index in [4.69, 9.17) is 0 Å². The molecule has 0 radical (unpaired) electrons. The number of allylic oxidation sites excluding steroid dienone is 2. The molecule has 0 aromatic heterocycles. The van der Waals surface area contributed by atoms with Crippen molar-refractivity contribution in [2.75, 3.05) is 0 Å². The Morgan fingerprint density at radius 2 is 0.833 bits per heavy atom. The van der Waals surface area contributed by atoms with Crippen molar-refractivity contribution >= 4 is 0 Å². The van der Waals surface area contributed by atoms with Gasteiger partial charge in [0.15, 0.2) is 0 Å². The molecule has 0 aliphatic carbocycles. The van der Waals surface area contributed by atoms with Crippen LogP contribution in [0.5, 0.6) is 0 Å². The highest BCUT2D eigenvalue weighted by Gasteiger charge is 2.13. The maximum absolute atomic E-state index is 2.28. The highest BCUT2D eigenvalue weighted by atomic mass is 14.2. The van der Waals surface area contributed by atoms with Crippen LogP contribution in [-0.2, 0) is 23.7 Å². The summed E-state index contributed by atoms with van der Waals surface area (Å²) in [5, 5.41) is 0. The van der Waals surface area contributed by atoms with E-state index in [1.165, 1.54) is 22.3 Å². The molecule has 0 aliphatic rings. The van der Waals surface area contributed by atoms with Gasteiger partial charge in [0, 0.05) is 0 Å². The molecule has 2 aromatic carbocycles. The fraction of sp³-hybridized carbons (Fsp3) is 0.417. The van der Waals surface area contributed by atoms with Crippen LogP contribution in [0.1, 0.15) is 63.8 Å². The van der Waals surface area contributed by atoms with Crippen molar-refractivity contribution in [3.05, 3.63) is 82.9 Å². The third-order valence-corrected chi connectivity index (χ3v) is 4.51. The lowest BCUT2D eigenvalue weighted by Gasteiger charge is -2.19. The van der Waals surface area contributed by atoms with Crippen LogP contribution in [0.4, 0.5) is 0 Å². The van der Waals surface area contributed by atoms with Crippen LogP contribution in [0.3, 0.4) is 0 Å². The first kappa shape index (κ1) is 18.5. The lowest BCUT2D eigenvalue weighted by Crippen LogP contribution is -2.10. The van der Waals surface area contributed by atoms with Crippen molar-refractivity contribution in [1.29, 1.82) is 0 Å². The fourth-order valence-electron chi connectivity index (χ4n) is 2.72. The van der Waals surface area contributed by atoms with Crippen molar-refractivity contribution in [2.24, 2.45) is 0 Å². The minimum absolute atomic E-state index is 0.230. The van der Waals surface area contributed by atoms with E-state index in [-0.39, 0.29) is 10.8 Å². The molecule has 0 heterocycles. The van der Waals surface area contributed by atoms with E-state index >= 15 is 0 Å². The molecule has 24 heavy (non-hydrogen) atoms. The van der Waals surface area contributed by atoms with Gasteiger partial charge in [0.05, 0.1) is 0 Å². The summed E-state index contributed by atoms with van der Waals surface area (Å²) in [6, 6.07) is 18.0. The van der Waals surface area contributed by atoms with Gasteiger partial charge in [-0.05, 0) is 45.9 Å². The second-order valence-electron chi connectivity index (χ2n) is 8.77. The summed E-state index contributed by atoms with van der Waals surface area (Å²) < 4.78 is 0. The third kappa shape index (κ3) is 5.37. The first-order valence-electron chi connectivity index (χ1n) is 9.00. The largest absolute Gasteiger partial charge is 0.0838 e. The van der Waals surface area contributed by atoms with Gasteiger partial charge < -0.3 is 0 Å². The second kappa shape index (κ2) is 7.38. The van der Waals surface area contributed by atoms with E-state index in [1.807, 2.05) is 0 Å². The zero-order valence-corrected chi connectivity index (χ0v) is 16.2. The van der Waals surface area contributed by atoms with Gasteiger partial charge in [-0.1, -0.05) is 102 Å². The predicted molar refractivity (Wildman–Crippen MR) is 107 cm³/mol. The van der Waals surface area contributed by atoms with Crippen molar-refractivity contribution < 1.29 is 0 Å². The third-order valence-electron chi connectivity index (χ3n) is 4.51. The molecule has 0 amide bonds. The minimum Gasteiger partial charge on any atom is -0.0838 e. The Morgan fingerprint density at radius 3 is 1.08 bits per heavy atom. The summed E-state index contributed by atoms with van der Waals surface area (Å²) in [6.45, 7) is 13.5. The highest BCUT2D eigenvalue weighted by Crippen LogP contribution is 2.23. The molecule has 0 aliphatic heterocycles. The Bertz CT molecular complexity index is 594. The van der Waals surface area contributed by atoms with E-state index in [1.54, 1.807) is 0 Å². The lowest BCUT2D eigenvalue weighted by molar-refractivity contribution is 0.589. The Labute approximate surface area is 148 Å². The normalized spacial score (nSPS) is 12.8. The molecule has 0 saturated carbocycles. The Morgan fingerprint density at radius 1 is 0.542 bits per heavy atom. The van der Waals surface area contributed by atoms with Gasteiger partial charge >= 0.3 is 0 Å². The second-order valence-corrected chi connectivity index (χ2v) is 8.77. The average molecular weight is 321 g/mol. The summed E-state index contributed by atoms with van der Waals surface area (Å²) in [5.41, 5.74) is 6.01. The maximum Gasteiger partial charge on any atom is -0.00973 e. The predicted octanol–water partition coefficient (Wildman–Crippen LogP) is 6.62. The molecule has 0 N–H and O–H groups in total. The molecule has 0 bridgehead atoms. The van der Waals surface area contributed by atoms with Crippen molar-refractivity contribution in [1.82, 2.24) is 0 Å². The van der Waals surface area contributed by atoms with Crippen LogP contribution in [0.25, 0.3) is 0 Å². The van der Waals surface area contributed by atoms with Crippen LogP contribution in [0.2, 0.25) is 0 Å². The van der Waals surface area contributed by atoms with Gasteiger partial charge in [0.1, 0.15) is 0 Å². The molecule has 0 saturated heterocycles. The Hall–Kier alpha value is -1.82. The Balaban J connectivity index is 1.88. The molecule has 0 heteroatoms. The molecule has 0 nitrogen and oxygen atoms in total. The minimum atomic E-state index is 0.230. The van der Waals surface area contributed by atoms with E-state index in [9.17, 15) is 0 Å². The summed E-state index contributed by atoms with van der Waals surface area (Å²) >= 11 is 0. The van der Waals surface area contributed by atoms with Crippen molar-refractivity contribution in [2.45, 2.75) is 65.2 Å². The van der Waals surface area contributed by atoms with Gasteiger partial charge in [0.2, 0.25) is 0 Å². The zero-order valence-electron chi connectivity index (χ0n) is 16.2. The lowest BCUT2D eigenvalue weighted by atomic mass is 9.86. The molecular weight excluding hydrogens is 288 g/mol. The van der Waals surface area contributed by atoms with E-state index in [2.05, 4.69) is 102 Å². The first-order chi connectivity index (χ1) is 11.2. The standard InChI is InChI=1S/C24H32/c1-23(2,3)21-15-11-19(12-16-21)9-7-8-10-20-13-17-22(18-14-20)24(4,5)6/h7-8,11-18H,9-10H2,1-6H3. The van der Waals surface area contributed by atoms with Gasteiger partial charge in [-0.25, -0.2) is 0 Å². The van der Waals surface area contributed by atoms with Crippen LogP contribution >= 0.6 is 0 Å². The van der Waals surface area contributed by atoms with Crippen LogP contribution in [0, 0.1) is 0 Å². The van der Waals surface area contributed by atoms with Gasteiger partial charge in [-0.3, -0.25) is 0 Å². The summed E-state index contributed by atoms with van der Waals surface area (Å²) in [5.74, 6) is 0. The molecule has 2 rings (SSSR count). The zero-order chi connectivity index (χ0) is 17.8. The molecule has 0 atom stereocenters. The van der Waals surface area contributed by atoms with Crippen LogP contribution < -0.4 is 0 Å². The SMILES string of the molecule is CC(C)(C)c1ccc(CC=CCc2ccc(C(C)(C)C)cc2)cc1. The maximum atomic E-state index is 2.28. The topological polar surface area (TPSA) is 0 Å². The van der Waals surface area contributed by atoms with E-state index < -0.39 is 0 Å². The van der Waals surface area contributed by atoms with Gasteiger partial charge in [0.25, 0.3) is 0 Å². The van der Waals surface area contributed by atoms with Crippen molar-refractivity contribution in [3.8, 4) is 0 Å². The summed E-state index contributed by atoms with van der Waals surface area (Å²) in [4.78, 5) is 0. The van der Waals surface area contributed by atoms with Crippen LogP contribution in [-0.4, -0.2) is 0 Å². The van der Waals surface area contributed by atoms with Crippen molar-refractivity contribution in [3.63, 3.8) is 0 Å². The average Bonchev–Trinajstić information content (AvgIpc) is 2.51. The number of rotatable bonds is 4. The molecule has 2 aromatic rings. The Kier molecular flexibility index (Phi) is 5.70. The summed E-state index contributed by atoms with van der Waals surface area (Å²) in [6.07, 6.45) is 6.57. The van der Waals surface area contributed by atoms with Gasteiger partial charge in [-0.2, -0.15) is 0 Å². The van der Waals surface area contributed by atoms with Gasteiger partial charge in [-0.15, -0.1) is 0 Å². The first-order valence-corrected chi connectivity index (χ1v) is 9.00. The summed E-state index contributed by atoms with van der Waals surface area (Å²) in [7, 11) is 0. The van der Waals surface area contributed by atoms with Crippen LogP contribution in [0.15, 0.2) is 60.7 Å². The van der Waals surface area contributed by atoms with E-state index in [0.717, 1.165) is 12.8 Å². The number of hydrogen-bond donors (Lipinski definition) is 0. The number of hydrogen-bond acceptors (Lipinski definition) is 0. The molecular formula is C24H32. The molecule has 0 spiro atoms. The van der Waals surface area contributed by atoms with E-state index in [0.29, 0.717) is 0 Å². The smallest absolute Gasteiger partial charge is 0.00973 e. The number of benzene rings is 2. The molecule has 128 valence electrons. The fourth-order valence-corrected chi connectivity index (χ4v) is 2.72. The molecule has 0 fully saturated rings. The molecule has 0 unspecified atom stereocenters.